The maximum absolute atomic E-state index is 3.46. The van der Waals surface area contributed by atoms with Crippen LogP contribution < -0.4 is 5.32 Å². The Labute approximate surface area is 130 Å². The molecule has 0 aliphatic carbocycles. The number of rotatable bonds is 2. The largest absolute Gasteiger partial charge is 0.361 e. The monoisotopic (exact) mass is 288 g/mol. The van der Waals surface area contributed by atoms with Crippen molar-refractivity contribution in [2.45, 2.75) is 12.8 Å². The molecule has 0 spiro atoms. The maximum Gasteiger partial charge on any atom is 0.0460 e. The summed E-state index contributed by atoms with van der Waals surface area (Å²) < 4.78 is 0. The third-order valence-corrected chi connectivity index (χ3v) is 4.48. The van der Waals surface area contributed by atoms with Crippen LogP contribution in [0.3, 0.4) is 0 Å². The van der Waals surface area contributed by atoms with Crippen LogP contribution in [0.1, 0.15) is 24.0 Å². The highest BCUT2D eigenvalue weighted by Gasteiger charge is 2.17. The van der Waals surface area contributed by atoms with Crippen molar-refractivity contribution in [2.24, 2.45) is 0 Å². The second kappa shape index (κ2) is 5.82. The van der Waals surface area contributed by atoms with Gasteiger partial charge in [0.25, 0.3) is 0 Å². The van der Waals surface area contributed by atoms with Crippen molar-refractivity contribution in [1.29, 1.82) is 0 Å². The Kier molecular flexibility index (Phi) is 3.53. The van der Waals surface area contributed by atoms with Crippen LogP contribution in [0, 0.1) is 0 Å². The minimum atomic E-state index is 1.08. The van der Waals surface area contributed by atoms with Gasteiger partial charge >= 0.3 is 0 Å². The molecule has 3 aromatic rings. The van der Waals surface area contributed by atoms with Crippen molar-refractivity contribution in [3.63, 3.8) is 0 Å². The summed E-state index contributed by atoms with van der Waals surface area (Å²) in [6.07, 6.45) is 4.43. The maximum atomic E-state index is 3.46. The lowest BCUT2D eigenvalue weighted by molar-refractivity contribution is 0.611. The van der Waals surface area contributed by atoms with E-state index in [1.165, 1.54) is 27.6 Å². The first-order valence-electron chi connectivity index (χ1n) is 7.98. The lowest BCUT2D eigenvalue weighted by atomic mass is 9.88. The molecular formula is C20H20N2. The molecule has 2 heteroatoms. The molecule has 2 aromatic carbocycles. The topological polar surface area (TPSA) is 27.8 Å². The Morgan fingerprint density at radius 3 is 2.36 bits per heavy atom. The first kappa shape index (κ1) is 13.4. The number of fused-ring (bicyclic) bond motifs is 1. The summed E-state index contributed by atoms with van der Waals surface area (Å²) in [6.45, 7) is 2.15. The van der Waals surface area contributed by atoms with Crippen LogP contribution in [0.5, 0.6) is 0 Å². The molecule has 2 N–H and O–H groups in total. The zero-order valence-corrected chi connectivity index (χ0v) is 12.6. The Hall–Kier alpha value is -2.32. The molecule has 0 amide bonds. The number of nitrogens with one attached hydrogen (secondary N) is 2. The summed E-state index contributed by atoms with van der Waals surface area (Å²) in [5, 5.41) is 4.77. The molecule has 22 heavy (non-hydrogen) atoms. The fourth-order valence-electron chi connectivity index (χ4n) is 3.41. The van der Waals surface area contributed by atoms with Gasteiger partial charge in [0.05, 0.1) is 0 Å². The molecule has 110 valence electrons. The van der Waals surface area contributed by atoms with E-state index < -0.39 is 0 Å². The van der Waals surface area contributed by atoms with Gasteiger partial charge in [0.2, 0.25) is 0 Å². The Balaban J connectivity index is 1.95. The van der Waals surface area contributed by atoms with Gasteiger partial charge in [-0.15, -0.1) is 0 Å². The van der Waals surface area contributed by atoms with Crippen LogP contribution in [-0.2, 0) is 0 Å². The summed E-state index contributed by atoms with van der Waals surface area (Å²) in [7, 11) is 0. The van der Waals surface area contributed by atoms with Crippen LogP contribution >= 0.6 is 0 Å². The Morgan fingerprint density at radius 1 is 0.818 bits per heavy atom. The van der Waals surface area contributed by atoms with Crippen molar-refractivity contribution in [2.75, 3.05) is 13.1 Å². The number of H-pyrrole nitrogens is 1. The quantitative estimate of drug-likeness (QED) is 0.720. The summed E-state index contributed by atoms with van der Waals surface area (Å²) >= 11 is 0. The molecule has 0 atom stereocenters. The summed E-state index contributed by atoms with van der Waals surface area (Å²) in [5.41, 5.74) is 6.84. The second-order valence-electron chi connectivity index (χ2n) is 5.84. The molecule has 1 fully saturated rings. The smallest absolute Gasteiger partial charge is 0.0460 e. The van der Waals surface area contributed by atoms with E-state index in [0.717, 1.165) is 25.9 Å². The van der Waals surface area contributed by atoms with Crippen LogP contribution in [0.4, 0.5) is 0 Å². The van der Waals surface area contributed by atoms with Crippen molar-refractivity contribution >= 4 is 16.5 Å². The van der Waals surface area contributed by atoms with Crippen LogP contribution in [0.2, 0.25) is 0 Å². The molecule has 0 bridgehead atoms. The van der Waals surface area contributed by atoms with Crippen molar-refractivity contribution in [3.8, 4) is 0 Å². The van der Waals surface area contributed by atoms with E-state index in [-0.39, 0.29) is 0 Å². The van der Waals surface area contributed by atoms with Crippen molar-refractivity contribution in [1.82, 2.24) is 10.3 Å². The fraction of sp³-hybridized carbons (Fsp3) is 0.200. The van der Waals surface area contributed by atoms with Gasteiger partial charge in [0.1, 0.15) is 0 Å². The number of hydrogen-bond donors (Lipinski definition) is 2. The Bertz CT molecular complexity index is 804. The van der Waals surface area contributed by atoms with Crippen molar-refractivity contribution in [3.05, 3.63) is 77.5 Å². The molecule has 1 saturated heterocycles. The van der Waals surface area contributed by atoms with Crippen molar-refractivity contribution < 1.29 is 0 Å². The standard InChI is InChI=1S/C20H20N2/c1-2-6-15(7-3-1)20(16-10-12-21-13-11-16)18-14-22-19-9-5-4-8-17(18)19/h1-9,14,21-22H,10-13H2. The molecular weight excluding hydrogens is 268 g/mol. The zero-order chi connectivity index (χ0) is 14.8. The average molecular weight is 288 g/mol. The first-order valence-corrected chi connectivity index (χ1v) is 7.98. The zero-order valence-electron chi connectivity index (χ0n) is 12.6. The van der Waals surface area contributed by atoms with Gasteiger partial charge in [-0.25, -0.2) is 0 Å². The molecule has 4 rings (SSSR count). The van der Waals surface area contributed by atoms with Crippen LogP contribution in [0.15, 0.2) is 66.4 Å². The fourth-order valence-corrected chi connectivity index (χ4v) is 3.41. The number of piperidine rings is 1. The summed E-state index contributed by atoms with van der Waals surface area (Å²) in [6, 6.07) is 19.4. The third kappa shape index (κ3) is 2.36. The van der Waals surface area contributed by atoms with Crippen LogP contribution in [0.25, 0.3) is 16.5 Å². The molecule has 2 heterocycles. The molecule has 0 unspecified atom stereocenters. The van der Waals surface area contributed by atoms with E-state index in [2.05, 4.69) is 71.1 Å². The highest BCUT2D eigenvalue weighted by Crippen LogP contribution is 2.35. The molecule has 1 aliphatic rings. The minimum Gasteiger partial charge on any atom is -0.361 e. The minimum absolute atomic E-state index is 1.08. The van der Waals surface area contributed by atoms with Gasteiger partial charge in [-0.1, -0.05) is 54.1 Å². The normalized spacial score (nSPS) is 15.2. The van der Waals surface area contributed by atoms with Gasteiger partial charge in [-0.3, -0.25) is 0 Å². The van der Waals surface area contributed by atoms with E-state index in [9.17, 15) is 0 Å². The number of hydrogen-bond acceptors (Lipinski definition) is 1. The number of para-hydroxylation sites is 1. The molecule has 2 nitrogen and oxygen atoms in total. The first-order chi connectivity index (χ1) is 10.9. The van der Waals surface area contributed by atoms with E-state index in [1.807, 2.05) is 0 Å². The summed E-state index contributed by atoms with van der Waals surface area (Å²) in [5.74, 6) is 0. The predicted octanol–water partition coefficient (Wildman–Crippen LogP) is 4.35. The van der Waals surface area contributed by atoms with E-state index >= 15 is 0 Å². The molecule has 0 radical (unpaired) electrons. The van der Waals surface area contributed by atoms with E-state index in [0.29, 0.717) is 0 Å². The highest BCUT2D eigenvalue weighted by molar-refractivity contribution is 5.97. The van der Waals surface area contributed by atoms with Gasteiger partial charge < -0.3 is 10.3 Å². The molecule has 1 aromatic heterocycles. The highest BCUT2D eigenvalue weighted by atomic mass is 14.9. The second-order valence-corrected chi connectivity index (χ2v) is 5.84. The van der Waals surface area contributed by atoms with Gasteiger partial charge in [-0.05, 0) is 43.1 Å². The lowest BCUT2D eigenvalue weighted by Crippen LogP contribution is -2.23. The van der Waals surface area contributed by atoms with Gasteiger partial charge in [0.15, 0.2) is 0 Å². The third-order valence-electron chi connectivity index (χ3n) is 4.48. The number of benzene rings is 2. The predicted molar refractivity (Wildman–Crippen MR) is 92.9 cm³/mol. The van der Waals surface area contributed by atoms with E-state index in [4.69, 9.17) is 0 Å². The SMILES string of the molecule is c1ccc(C(=C2CCNCC2)c2c[nH]c3ccccc23)cc1. The van der Waals surface area contributed by atoms with Crippen LogP contribution in [-0.4, -0.2) is 18.1 Å². The van der Waals surface area contributed by atoms with Gasteiger partial charge in [0, 0.05) is 22.7 Å². The summed E-state index contributed by atoms with van der Waals surface area (Å²) in [4.78, 5) is 3.43. The molecule has 0 saturated carbocycles. The molecule has 1 aliphatic heterocycles. The van der Waals surface area contributed by atoms with E-state index in [1.54, 1.807) is 5.57 Å². The number of aromatic nitrogens is 1. The Morgan fingerprint density at radius 2 is 1.55 bits per heavy atom. The lowest BCUT2D eigenvalue weighted by Gasteiger charge is -2.20. The van der Waals surface area contributed by atoms with Gasteiger partial charge in [-0.2, -0.15) is 0 Å². The average Bonchev–Trinajstić information content (AvgIpc) is 3.01. The number of aromatic amines is 1.